The third-order valence-corrected chi connectivity index (χ3v) is 22.2. The van der Waals surface area contributed by atoms with Crippen LogP contribution in [0.5, 0.6) is 11.5 Å². The standard InChI is InChI=1S/C65H70F2N15O18P3S/c1-102(88,89)94-29-41(83)28-91-25-8-23-70-49(84)13-6-7-14-50(85)79-27-40-9-2-3-10-44(40)53-56(45-11-4-5-12-46(45)79)82(78-77-53)24-26-92-42-21-17-39(18-22-42)65(86)96-43-19-15-38(16-20-43)32-104-37-103(90)95-31-48-57(51(66)63(98-48)80-35-75-54-59(68)71-33-73-61(54)80)99-101(87)93-30-47-58(100-103)52(67)64(97-47)81-36-76-55-60(69)72-34-74-62(55)81/h2-5,9-12,15-22,33-36,41,47-48,51-52,57-58,63-64,83H,6-8,13-14,23-32,37H2,1H3,(H5-,68,69,70,71,72,73,74,84,88,89)/p+1/t41?,47-,48-,51-,52-,57-,58-,63-,64-,103-/m1/s1. The number of unbranched alkanes of at least 4 members (excludes halogenated alkanes) is 1. The number of anilines is 3. The number of carbonyl (C=O) groups excluding carboxylic acids is 3. The monoisotopic (exact) mass is 1510 g/mol. The van der Waals surface area contributed by atoms with E-state index in [0.29, 0.717) is 54.2 Å². The van der Waals surface area contributed by atoms with Crippen LogP contribution in [0.15, 0.2) is 122 Å². The number of carbonyl (C=O) groups is 3. The molecule has 39 heteroatoms. The minimum atomic E-state index is -4.49. The Hall–Kier alpha value is -8.70. The summed E-state index contributed by atoms with van der Waals surface area (Å²) in [5, 5.41) is 21.9. The molecule has 33 nitrogen and oxygen atoms in total. The number of amides is 2. The van der Waals surface area contributed by atoms with E-state index < -0.39 is 97.9 Å². The van der Waals surface area contributed by atoms with Gasteiger partial charge in [-0.25, -0.2) is 48.2 Å². The molecule has 7 N–H and O–H groups in total. The highest BCUT2D eigenvalue weighted by molar-refractivity contribution is 8.03. The van der Waals surface area contributed by atoms with Crippen molar-refractivity contribution in [2.75, 3.05) is 74.7 Å². The fraction of sp³-hybridized carbons (Fsp3) is 0.400. The van der Waals surface area contributed by atoms with Gasteiger partial charge >= 0.3 is 29.4 Å². The third-order valence-electron chi connectivity index (χ3n) is 17.2. The van der Waals surface area contributed by atoms with Crippen LogP contribution in [0.3, 0.4) is 0 Å². The van der Waals surface area contributed by atoms with Crippen LogP contribution < -0.4 is 31.2 Å². The van der Waals surface area contributed by atoms with Gasteiger partial charge in [0.05, 0.1) is 68.0 Å². The number of halogens is 2. The number of imidazole rings is 2. The number of alkyl halides is 2. The Morgan fingerprint density at radius 3 is 2.16 bits per heavy atom. The Kier molecular flexibility index (Phi) is 23.2. The number of para-hydroxylation sites is 1. The molecule has 12 atom stereocenters. The van der Waals surface area contributed by atoms with Gasteiger partial charge in [0.2, 0.25) is 11.8 Å². The van der Waals surface area contributed by atoms with Crippen molar-refractivity contribution < 1.29 is 93.2 Å². The van der Waals surface area contributed by atoms with Gasteiger partial charge in [-0.1, -0.05) is 59.8 Å². The van der Waals surface area contributed by atoms with Gasteiger partial charge in [0.15, 0.2) is 53.8 Å². The molecule has 2 amide bonds. The Balaban J connectivity index is 0.610. The maximum absolute atomic E-state index is 17.0. The van der Waals surface area contributed by atoms with E-state index in [-0.39, 0.29) is 121 Å². The van der Waals surface area contributed by atoms with E-state index in [0.717, 1.165) is 47.8 Å². The lowest BCUT2D eigenvalue weighted by atomic mass is 9.95. The highest BCUT2D eigenvalue weighted by Crippen LogP contribution is 2.57. The minimum Gasteiger partial charge on any atom is -0.492 e. The number of fused-ring (bicyclic) bond motifs is 9. The number of hydrogen-bond acceptors (Lipinski definition) is 28. The van der Waals surface area contributed by atoms with E-state index in [2.05, 4.69) is 45.5 Å². The van der Waals surface area contributed by atoms with Gasteiger partial charge in [-0.3, -0.25) is 32.4 Å². The van der Waals surface area contributed by atoms with Gasteiger partial charge in [0.1, 0.15) is 78.5 Å². The topological polar surface area (TPSA) is 420 Å². The Labute approximate surface area is 596 Å². The first-order valence-electron chi connectivity index (χ1n) is 32.9. The number of nitrogens with one attached hydrogen (secondary N) is 1. The molecule has 104 heavy (non-hydrogen) atoms. The van der Waals surface area contributed by atoms with Gasteiger partial charge < -0.3 is 64.4 Å². The number of rotatable bonds is 26. The normalized spacial score (nSPS) is 23.0. The van der Waals surface area contributed by atoms with Crippen molar-refractivity contribution in [3.8, 4) is 34.0 Å². The molecule has 0 bridgehead atoms. The second-order valence-electron chi connectivity index (χ2n) is 24.5. The third kappa shape index (κ3) is 17.1. The summed E-state index contributed by atoms with van der Waals surface area (Å²) in [6, 6.07) is 28.2. The Bertz CT molecular complexity index is 4680. The van der Waals surface area contributed by atoms with Crippen LogP contribution in [-0.4, -0.2) is 183 Å². The summed E-state index contributed by atoms with van der Waals surface area (Å²) in [5.74, 6) is -0.0406. The van der Waals surface area contributed by atoms with Gasteiger partial charge in [0, 0.05) is 54.1 Å². The molecule has 0 radical (unpaired) electrons. The predicted octanol–water partition coefficient (Wildman–Crippen LogP) is 8.21. The summed E-state index contributed by atoms with van der Waals surface area (Å²) < 4.78 is 135. The van der Waals surface area contributed by atoms with Gasteiger partial charge in [-0.2, -0.15) is 0 Å². The molecule has 9 aromatic rings. The van der Waals surface area contributed by atoms with E-state index in [4.69, 9.17) is 57.8 Å². The molecule has 5 aromatic heterocycles. The average molecular weight is 1510 g/mol. The number of hydrogen-bond donors (Lipinski definition) is 5. The van der Waals surface area contributed by atoms with Crippen LogP contribution in [-0.2, 0) is 79.0 Å². The molecule has 4 aliphatic heterocycles. The van der Waals surface area contributed by atoms with Crippen LogP contribution in [0, 0.1) is 0 Å². The fourth-order valence-electron chi connectivity index (χ4n) is 12.1. The zero-order valence-corrected chi connectivity index (χ0v) is 59.0. The summed E-state index contributed by atoms with van der Waals surface area (Å²) in [6.07, 6.45) is -7.72. The SMILES string of the molecule is CP(=O)(O)OCC(O)COCCCNC(=O)CCCCC(=O)N1Cc2ccccc2-c2nnn(CCOc3ccc(C(=O)Oc4ccc(CSC[P@@]5(=O)OC[C@H]6O[C@@H](n7cnc8c(N)ncnc87)[C@H](F)[C@@H]6O[P+](=O)OC[C@H]6O[C@@H](n7cnc8c(N)ncnc87)[C@H](F)[C@@H]6O5)cc4)cc3)c2-c2ccccc21. The summed E-state index contributed by atoms with van der Waals surface area (Å²) in [4.78, 5) is 76.0. The predicted molar refractivity (Wildman–Crippen MR) is 370 cm³/mol. The van der Waals surface area contributed by atoms with Crippen molar-refractivity contribution in [3.05, 3.63) is 139 Å². The van der Waals surface area contributed by atoms with E-state index in [9.17, 15) is 33.5 Å². The van der Waals surface area contributed by atoms with Gasteiger partial charge in [-0.15, -0.1) is 25.9 Å². The van der Waals surface area contributed by atoms with Crippen molar-refractivity contribution in [1.29, 1.82) is 0 Å². The number of benzene rings is 4. The molecular weight excluding hydrogens is 1440 g/mol. The summed E-state index contributed by atoms with van der Waals surface area (Å²) >= 11 is 1.10. The summed E-state index contributed by atoms with van der Waals surface area (Å²) in [7, 11) is -11.3. The number of aromatic nitrogens is 11. The van der Waals surface area contributed by atoms with E-state index in [1.165, 1.54) is 21.8 Å². The first-order chi connectivity index (χ1) is 50.2. The van der Waals surface area contributed by atoms with Gasteiger partial charge in [-0.05, 0) is 72.9 Å². The van der Waals surface area contributed by atoms with Crippen LogP contribution in [0.1, 0.15) is 66.0 Å². The molecule has 4 aromatic carbocycles. The van der Waals surface area contributed by atoms with Crippen molar-refractivity contribution in [2.45, 2.75) is 106 Å². The van der Waals surface area contributed by atoms with E-state index in [1.807, 2.05) is 48.5 Å². The first-order valence-corrected chi connectivity index (χ1v) is 38.9. The highest BCUT2D eigenvalue weighted by Gasteiger charge is 2.56. The summed E-state index contributed by atoms with van der Waals surface area (Å²) in [5.41, 5.74) is 17.5. The zero-order chi connectivity index (χ0) is 72.7. The lowest BCUT2D eigenvalue weighted by Crippen LogP contribution is -2.36. The van der Waals surface area contributed by atoms with Crippen molar-refractivity contribution in [1.82, 2.24) is 59.3 Å². The molecule has 4 aliphatic rings. The minimum absolute atomic E-state index is 0.0201. The van der Waals surface area contributed by atoms with Crippen molar-refractivity contribution in [2.24, 2.45) is 0 Å². The van der Waals surface area contributed by atoms with Crippen molar-refractivity contribution in [3.63, 3.8) is 0 Å². The molecule has 3 fully saturated rings. The number of aliphatic hydroxyl groups excluding tert-OH is 1. The molecule has 3 unspecified atom stereocenters. The average Bonchev–Trinajstić information content (AvgIpc) is 1.58. The largest absolute Gasteiger partial charge is 0.697 e. The maximum atomic E-state index is 17.0. The number of aliphatic hydroxyl groups is 1. The molecule has 13 rings (SSSR count). The van der Waals surface area contributed by atoms with E-state index in [1.54, 1.807) is 58.1 Å². The number of nitrogens with two attached hydrogens (primary N) is 2. The van der Waals surface area contributed by atoms with E-state index >= 15 is 13.3 Å². The smallest absolute Gasteiger partial charge is 0.492 e. The summed E-state index contributed by atoms with van der Waals surface area (Å²) in [6.45, 7) is 0.547. The number of esters is 1. The number of thioether (sulfide) groups is 1. The van der Waals surface area contributed by atoms with Crippen LogP contribution in [0.25, 0.3) is 44.8 Å². The van der Waals surface area contributed by atoms with Crippen LogP contribution in [0.2, 0.25) is 0 Å². The molecule has 3 saturated heterocycles. The molecule has 548 valence electrons. The number of ether oxygens (including phenoxy) is 5. The Morgan fingerprint density at radius 2 is 1.45 bits per heavy atom. The number of nitrogen functional groups attached to an aromatic ring is 2. The molecule has 0 spiro atoms. The van der Waals surface area contributed by atoms with Crippen molar-refractivity contribution >= 4 is 92.6 Å². The number of nitrogens with zero attached hydrogens (tertiary/aromatic N) is 12. The maximum Gasteiger partial charge on any atom is 0.697 e. The molecular formula is C65H71F2N15O18P3S+. The fourth-order valence-corrected chi connectivity index (χ4v) is 16.6. The second kappa shape index (κ2) is 32.8. The molecule has 9 heterocycles. The molecule has 0 aliphatic carbocycles. The lowest BCUT2D eigenvalue weighted by Gasteiger charge is -2.29. The second-order valence-corrected chi connectivity index (χ2v) is 30.7. The Morgan fingerprint density at radius 1 is 0.798 bits per heavy atom. The van der Waals surface area contributed by atoms with Crippen LogP contribution >= 0.6 is 35.2 Å². The van der Waals surface area contributed by atoms with Crippen LogP contribution in [0.4, 0.5) is 26.1 Å². The first kappa shape index (κ1) is 73.6. The molecule has 0 saturated carbocycles. The lowest BCUT2D eigenvalue weighted by molar-refractivity contribution is -0.122. The zero-order valence-electron chi connectivity index (χ0n) is 55.5. The quantitative estimate of drug-likeness (QED) is 0.0147. The van der Waals surface area contributed by atoms with Gasteiger partial charge in [0.25, 0.3) is 0 Å². The highest BCUT2D eigenvalue weighted by atomic mass is 32.2.